The van der Waals surface area contributed by atoms with E-state index in [2.05, 4.69) is 4.98 Å². The molecule has 0 radical (unpaired) electrons. The number of hydrogen-bond donors (Lipinski definition) is 0. The molecule has 29 heavy (non-hydrogen) atoms. The largest absolute Gasteiger partial charge is 0.339 e. The molecule has 2 aromatic heterocycles. The van der Waals surface area contributed by atoms with Gasteiger partial charge in [-0.3, -0.25) is 4.98 Å². The molecule has 0 N–H and O–H groups in total. The molecule has 8 heteroatoms. The number of piperidine rings is 1. The van der Waals surface area contributed by atoms with Gasteiger partial charge >= 0.3 is 0 Å². The first-order chi connectivity index (χ1) is 13.9. The van der Waals surface area contributed by atoms with Gasteiger partial charge < -0.3 is 4.57 Å². The number of nitrogens with zero attached hydrogens (tertiary/aromatic N) is 4. The summed E-state index contributed by atoms with van der Waals surface area (Å²) in [6.07, 6.45) is 5.50. The lowest BCUT2D eigenvalue weighted by molar-refractivity contribution is 0.311. The van der Waals surface area contributed by atoms with Gasteiger partial charge in [0.05, 0.1) is 6.33 Å². The maximum Gasteiger partial charge on any atom is 0.262 e. The van der Waals surface area contributed by atoms with Gasteiger partial charge in [-0.15, -0.1) is 0 Å². The molecular formula is C21H23ClN4O2S. The van der Waals surface area contributed by atoms with Crippen LogP contribution in [-0.4, -0.2) is 40.3 Å². The van der Waals surface area contributed by atoms with E-state index in [0.29, 0.717) is 24.5 Å². The van der Waals surface area contributed by atoms with Crippen LogP contribution < -0.4 is 0 Å². The van der Waals surface area contributed by atoms with Crippen molar-refractivity contribution < 1.29 is 8.42 Å². The average molecular weight is 431 g/mol. The lowest BCUT2D eigenvalue weighted by Crippen LogP contribution is -2.39. The smallest absolute Gasteiger partial charge is 0.262 e. The summed E-state index contributed by atoms with van der Waals surface area (Å²) < 4.78 is 29.1. The first-order valence-electron chi connectivity index (χ1n) is 9.60. The first kappa shape index (κ1) is 20.1. The van der Waals surface area contributed by atoms with E-state index in [9.17, 15) is 8.42 Å². The molecule has 3 heterocycles. The van der Waals surface area contributed by atoms with E-state index in [0.717, 1.165) is 29.8 Å². The zero-order valence-electron chi connectivity index (χ0n) is 16.2. The number of aromatic nitrogens is 3. The van der Waals surface area contributed by atoms with Crippen LogP contribution in [0.1, 0.15) is 35.7 Å². The molecule has 1 saturated heterocycles. The molecule has 0 saturated carbocycles. The lowest BCUT2D eigenvalue weighted by atomic mass is 9.95. The summed E-state index contributed by atoms with van der Waals surface area (Å²) in [6.45, 7) is 0.941. The second-order valence-corrected chi connectivity index (χ2v) is 9.76. The monoisotopic (exact) mass is 430 g/mol. The van der Waals surface area contributed by atoms with Crippen molar-refractivity contribution in [2.75, 3.05) is 13.1 Å². The quantitative estimate of drug-likeness (QED) is 0.619. The van der Waals surface area contributed by atoms with E-state index in [1.54, 1.807) is 17.8 Å². The van der Waals surface area contributed by atoms with E-state index >= 15 is 0 Å². The van der Waals surface area contributed by atoms with Crippen molar-refractivity contribution in [2.45, 2.75) is 30.2 Å². The Morgan fingerprint density at radius 1 is 1.17 bits per heavy atom. The molecule has 1 aliphatic rings. The van der Waals surface area contributed by atoms with Gasteiger partial charge in [0.2, 0.25) is 0 Å². The number of imidazole rings is 1. The molecule has 1 atom stereocenters. The van der Waals surface area contributed by atoms with Crippen LogP contribution in [0.5, 0.6) is 0 Å². The van der Waals surface area contributed by atoms with Crippen LogP contribution in [0.3, 0.4) is 0 Å². The number of pyridine rings is 1. The Morgan fingerprint density at radius 2 is 1.97 bits per heavy atom. The van der Waals surface area contributed by atoms with Crippen LogP contribution in [-0.2, 0) is 23.5 Å². The number of hydrogen-bond acceptors (Lipinski definition) is 4. The zero-order valence-corrected chi connectivity index (χ0v) is 17.8. The number of sulfonamides is 1. The van der Waals surface area contributed by atoms with Crippen molar-refractivity contribution in [1.82, 2.24) is 18.8 Å². The molecule has 6 nitrogen and oxygen atoms in total. The second kappa shape index (κ2) is 8.26. The van der Waals surface area contributed by atoms with Crippen LogP contribution in [0, 0.1) is 0 Å². The highest BCUT2D eigenvalue weighted by Gasteiger charge is 2.32. The minimum absolute atomic E-state index is 0.0763. The predicted octanol–water partition coefficient (Wildman–Crippen LogP) is 3.63. The Balaban J connectivity index is 1.52. The van der Waals surface area contributed by atoms with E-state index in [4.69, 9.17) is 16.6 Å². The van der Waals surface area contributed by atoms with Crippen LogP contribution in [0.15, 0.2) is 60.0 Å². The van der Waals surface area contributed by atoms with Gasteiger partial charge in [0, 0.05) is 55.1 Å². The normalized spacial score (nSPS) is 18.1. The molecule has 1 aromatic carbocycles. The Kier molecular flexibility index (Phi) is 5.72. The summed E-state index contributed by atoms with van der Waals surface area (Å²) in [6, 6.07) is 13.7. The number of aryl methyl sites for hydroxylation is 1. The van der Waals surface area contributed by atoms with Crippen molar-refractivity contribution in [3.63, 3.8) is 0 Å². The fourth-order valence-corrected chi connectivity index (χ4v) is 5.31. The third-order valence-electron chi connectivity index (χ3n) is 5.21. The molecule has 4 rings (SSSR count). The van der Waals surface area contributed by atoms with Gasteiger partial charge in [-0.1, -0.05) is 29.8 Å². The highest BCUT2D eigenvalue weighted by atomic mass is 35.5. The second-order valence-electron chi connectivity index (χ2n) is 7.44. The molecule has 1 fully saturated rings. The number of halogens is 1. The fraction of sp³-hybridized carbons (Fsp3) is 0.333. The Morgan fingerprint density at radius 3 is 2.69 bits per heavy atom. The summed E-state index contributed by atoms with van der Waals surface area (Å²) in [4.78, 5) is 8.87. The molecular weight excluding hydrogens is 408 g/mol. The summed E-state index contributed by atoms with van der Waals surface area (Å²) >= 11 is 5.96. The maximum absolute atomic E-state index is 12.9. The molecule has 1 aliphatic heterocycles. The molecule has 0 amide bonds. The minimum atomic E-state index is -3.58. The lowest BCUT2D eigenvalue weighted by Gasteiger charge is -2.31. The predicted molar refractivity (Wildman–Crippen MR) is 112 cm³/mol. The average Bonchev–Trinajstić information content (AvgIpc) is 3.17. The van der Waals surface area contributed by atoms with E-state index in [1.165, 1.54) is 10.6 Å². The van der Waals surface area contributed by atoms with Crippen molar-refractivity contribution in [1.29, 1.82) is 0 Å². The highest BCUT2D eigenvalue weighted by molar-refractivity contribution is 7.89. The molecule has 0 aliphatic carbocycles. The van der Waals surface area contributed by atoms with Crippen molar-refractivity contribution in [3.05, 3.63) is 77.0 Å². The molecule has 0 bridgehead atoms. The zero-order chi connectivity index (χ0) is 20.4. The summed E-state index contributed by atoms with van der Waals surface area (Å²) in [5.41, 5.74) is 3.05. The Bertz CT molecular complexity index is 1100. The van der Waals surface area contributed by atoms with Crippen molar-refractivity contribution in [3.8, 4) is 0 Å². The molecule has 3 aromatic rings. The third-order valence-corrected chi connectivity index (χ3v) is 7.22. The van der Waals surface area contributed by atoms with Gasteiger partial charge in [-0.25, -0.2) is 13.4 Å². The molecule has 152 valence electrons. The fourth-order valence-electron chi connectivity index (χ4n) is 3.69. The van der Waals surface area contributed by atoms with Crippen LogP contribution in [0.2, 0.25) is 5.02 Å². The van der Waals surface area contributed by atoms with Gasteiger partial charge in [0.25, 0.3) is 10.0 Å². The Labute approximate surface area is 176 Å². The summed E-state index contributed by atoms with van der Waals surface area (Å²) in [5.74, 6) is 0.0763. The minimum Gasteiger partial charge on any atom is -0.339 e. The van der Waals surface area contributed by atoms with Gasteiger partial charge in [0.15, 0.2) is 5.03 Å². The summed E-state index contributed by atoms with van der Waals surface area (Å²) in [5, 5.41) is 0.817. The molecule has 0 spiro atoms. The number of rotatable bonds is 5. The van der Waals surface area contributed by atoms with E-state index in [-0.39, 0.29) is 10.9 Å². The first-order valence-corrected chi connectivity index (χ1v) is 11.4. The van der Waals surface area contributed by atoms with Gasteiger partial charge in [-0.05, 0) is 42.7 Å². The maximum atomic E-state index is 12.9. The van der Waals surface area contributed by atoms with E-state index < -0.39 is 10.0 Å². The van der Waals surface area contributed by atoms with Crippen LogP contribution >= 0.6 is 11.6 Å². The third kappa shape index (κ3) is 4.52. The van der Waals surface area contributed by atoms with Crippen LogP contribution in [0.4, 0.5) is 0 Å². The van der Waals surface area contributed by atoms with Crippen LogP contribution in [0.25, 0.3) is 0 Å². The van der Waals surface area contributed by atoms with E-state index in [1.807, 2.05) is 42.5 Å². The standard InChI is InChI=1S/C21H23ClN4O2S/c1-25-14-21(23-15-25)29(27,28)26-11-3-4-17(13-26)20-6-2-5-19(24-20)12-16-7-9-18(22)10-8-16/h2,5-10,14-15,17H,3-4,11-13H2,1H3. The van der Waals surface area contributed by atoms with Crippen molar-refractivity contribution in [2.24, 2.45) is 7.05 Å². The molecule has 1 unspecified atom stereocenters. The topological polar surface area (TPSA) is 68.1 Å². The number of benzene rings is 1. The SMILES string of the molecule is Cn1cnc(S(=O)(=O)N2CCCC(c3cccc(Cc4ccc(Cl)cc4)n3)C2)c1. The Hall–Kier alpha value is -2.22. The van der Waals surface area contributed by atoms with Crippen molar-refractivity contribution >= 4 is 21.6 Å². The van der Waals surface area contributed by atoms with Gasteiger partial charge in [-0.2, -0.15) is 4.31 Å². The summed E-state index contributed by atoms with van der Waals surface area (Å²) in [7, 11) is -1.82. The highest BCUT2D eigenvalue weighted by Crippen LogP contribution is 2.29. The van der Waals surface area contributed by atoms with Gasteiger partial charge in [0.1, 0.15) is 0 Å².